The van der Waals surface area contributed by atoms with E-state index in [1.807, 2.05) is 13.8 Å². The van der Waals surface area contributed by atoms with Crippen LogP contribution in [-0.4, -0.2) is 40.3 Å². The summed E-state index contributed by atoms with van der Waals surface area (Å²) in [6, 6.07) is 5.22. The van der Waals surface area contributed by atoms with E-state index in [2.05, 4.69) is 10.3 Å². The first-order chi connectivity index (χ1) is 10.5. The van der Waals surface area contributed by atoms with Gasteiger partial charge in [0.05, 0.1) is 14.2 Å². The molecule has 0 fully saturated rings. The third kappa shape index (κ3) is 3.03. The summed E-state index contributed by atoms with van der Waals surface area (Å²) in [7, 11) is 3.08. The molecular weight excluding hydrogens is 286 g/mol. The van der Waals surface area contributed by atoms with Gasteiger partial charge in [-0.1, -0.05) is 19.1 Å². The average Bonchev–Trinajstić information content (AvgIpc) is 2.89. The standard InChI is InChI=1S/C15H19N3O4/c1-9(2)8-18-14(13(15(19)20)16-17-18)10-5-6-11(21-3)12(7-10)22-4/h5-7,9H,8H2,1-4H3,(H,19,20). The lowest BCUT2D eigenvalue weighted by atomic mass is 10.1. The van der Waals surface area contributed by atoms with E-state index in [4.69, 9.17) is 9.47 Å². The quantitative estimate of drug-likeness (QED) is 0.881. The van der Waals surface area contributed by atoms with Crippen molar-refractivity contribution in [1.82, 2.24) is 15.0 Å². The molecule has 0 saturated heterocycles. The van der Waals surface area contributed by atoms with Gasteiger partial charge in [-0.25, -0.2) is 9.48 Å². The predicted molar refractivity (Wildman–Crippen MR) is 80.4 cm³/mol. The maximum atomic E-state index is 11.4. The topological polar surface area (TPSA) is 86.5 Å². The number of hydrogen-bond donors (Lipinski definition) is 1. The second-order valence-corrected chi connectivity index (χ2v) is 5.24. The smallest absolute Gasteiger partial charge is 0.358 e. The van der Waals surface area contributed by atoms with E-state index in [0.29, 0.717) is 35.2 Å². The molecule has 118 valence electrons. The number of hydrogen-bond acceptors (Lipinski definition) is 5. The Labute approximate surface area is 128 Å². The van der Waals surface area contributed by atoms with Gasteiger partial charge in [0.25, 0.3) is 0 Å². The minimum absolute atomic E-state index is 0.0760. The number of aromatic nitrogens is 3. The number of carbonyl (C=O) groups is 1. The molecule has 2 aromatic rings. The van der Waals surface area contributed by atoms with Crippen LogP contribution in [0.2, 0.25) is 0 Å². The van der Waals surface area contributed by atoms with Crippen molar-refractivity contribution in [2.24, 2.45) is 5.92 Å². The second-order valence-electron chi connectivity index (χ2n) is 5.24. The van der Waals surface area contributed by atoms with Crippen molar-refractivity contribution in [2.75, 3.05) is 14.2 Å². The molecule has 0 radical (unpaired) electrons. The molecule has 0 aliphatic heterocycles. The van der Waals surface area contributed by atoms with Crippen LogP contribution >= 0.6 is 0 Å². The summed E-state index contributed by atoms with van der Waals surface area (Å²) in [4.78, 5) is 11.4. The Morgan fingerprint density at radius 2 is 1.95 bits per heavy atom. The van der Waals surface area contributed by atoms with Crippen LogP contribution in [0, 0.1) is 5.92 Å². The Morgan fingerprint density at radius 3 is 2.50 bits per heavy atom. The lowest BCUT2D eigenvalue weighted by Gasteiger charge is -2.12. The van der Waals surface area contributed by atoms with Crippen LogP contribution in [0.15, 0.2) is 18.2 Å². The van der Waals surface area contributed by atoms with E-state index < -0.39 is 5.97 Å². The van der Waals surface area contributed by atoms with E-state index in [1.165, 1.54) is 7.11 Å². The molecule has 0 atom stereocenters. The molecule has 0 unspecified atom stereocenters. The number of methoxy groups -OCH3 is 2. The first kappa shape index (κ1) is 15.8. The monoisotopic (exact) mass is 305 g/mol. The summed E-state index contributed by atoms with van der Waals surface area (Å²) in [5, 5.41) is 17.1. The molecule has 7 heteroatoms. The summed E-state index contributed by atoms with van der Waals surface area (Å²) in [6.45, 7) is 4.63. The molecule has 0 spiro atoms. The Hall–Kier alpha value is -2.57. The molecule has 0 bridgehead atoms. The van der Waals surface area contributed by atoms with Gasteiger partial charge in [-0.3, -0.25) is 0 Å². The second kappa shape index (κ2) is 6.46. The zero-order valence-corrected chi connectivity index (χ0v) is 13.0. The van der Waals surface area contributed by atoms with Crippen molar-refractivity contribution in [3.8, 4) is 22.8 Å². The van der Waals surface area contributed by atoms with Gasteiger partial charge in [0.2, 0.25) is 0 Å². The van der Waals surface area contributed by atoms with Crippen molar-refractivity contribution in [1.29, 1.82) is 0 Å². The highest BCUT2D eigenvalue weighted by Gasteiger charge is 2.22. The Morgan fingerprint density at radius 1 is 1.27 bits per heavy atom. The normalized spacial score (nSPS) is 10.8. The molecule has 2 rings (SSSR count). The number of carboxylic acid groups (broad SMARTS) is 1. The fraction of sp³-hybridized carbons (Fsp3) is 0.400. The summed E-state index contributed by atoms with van der Waals surface area (Å²) in [6.07, 6.45) is 0. The van der Waals surface area contributed by atoms with Crippen molar-refractivity contribution in [3.05, 3.63) is 23.9 Å². The van der Waals surface area contributed by atoms with Gasteiger partial charge in [0, 0.05) is 12.1 Å². The number of ether oxygens (including phenoxy) is 2. The van der Waals surface area contributed by atoms with E-state index in [1.54, 1.807) is 30.0 Å². The molecule has 22 heavy (non-hydrogen) atoms. The molecule has 0 aliphatic rings. The van der Waals surface area contributed by atoms with Crippen LogP contribution in [0.5, 0.6) is 11.5 Å². The molecule has 1 heterocycles. The molecule has 0 amide bonds. The number of benzene rings is 1. The van der Waals surface area contributed by atoms with Crippen LogP contribution in [0.4, 0.5) is 0 Å². The Kier molecular flexibility index (Phi) is 4.65. The molecule has 1 N–H and O–H groups in total. The van der Waals surface area contributed by atoms with Crippen molar-refractivity contribution in [3.63, 3.8) is 0 Å². The van der Waals surface area contributed by atoms with Gasteiger partial charge in [-0.2, -0.15) is 0 Å². The SMILES string of the molecule is COc1ccc(-c2c(C(=O)O)nnn2CC(C)C)cc1OC. The van der Waals surface area contributed by atoms with Crippen LogP contribution in [0.25, 0.3) is 11.3 Å². The summed E-state index contributed by atoms with van der Waals surface area (Å²) < 4.78 is 12.1. The summed E-state index contributed by atoms with van der Waals surface area (Å²) >= 11 is 0. The number of rotatable bonds is 6. The maximum absolute atomic E-state index is 11.4. The highest BCUT2D eigenvalue weighted by atomic mass is 16.5. The van der Waals surface area contributed by atoms with Gasteiger partial charge in [0.15, 0.2) is 17.2 Å². The van der Waals surface area contributed by atoms with Gasteiger partial charge < -0.3 is 14.6 Å². The number of nitrogens with zero attached hydrogens (tertiary/aromatic N) is 3. The van der Waals surface area contributed by atoms with Crippen LogP contribution in [0.1, 0.15) is 24.3 Å². The lowest BCUT2D eigenvalue weighted by Crippen LogP contribution is -2.09. The van der Waals surface area contributed by atoms with Crippen molar-refractivity contribution >= 4 is 5.97 Å². The molecule has 1 aromatic heterocycles. The largest absolute Gasteiger partial charge is 0.493 e. The van der Waals surface area contributed by atoms with E-state index >= 15 is 0 Å². The molecule has 7 nitrogen and oxygen atoms in total. The van der Waals surface area contributed by atoms with Crippen molar-refractivity contribution in [2.45, 2.75) is 20.4 Å². The maximum Gasteiger partial charge on any atom is 0.358 e. The van der Waals surface area contributed by atoms with E-state index in [-0.39, 0.29) is 5.69 Å². The highest BCUT2D eigenvalue weighted by molar-refractivity contribution is 5.92. The Bertz CT molecular complexity index is 679. The highest BCUT2D eigenvalue weighted by Crippen LogP contribution is 2.33. The molecule has 0 saturated carbocycles. The minimum atomic E-state index is -1.11. The third-order valence-electron chi connectivity index (χ3n) is 3.13. The van der Waals surface area contributed by atoms with Crippen LogP contribution in [0.3, 0.4) is 0 Å². The Balaban J connectivity index is 2.59. The average molecular weight is 305 g/mol. The number of aromatic carboxylic acids is 1. The molecular formula is C15H19N3O4. The molecule has 0 aliphatic carbocycles. The predicted octanol–water partition coefficient (Wildman–Crippen LogP) is 2.32. The van der Waals surface area contributed by atoms with Crippen LogP contribution in [-0.2, 0) is 6.54 Å². The first-order valence-corrected chi connectivity index (χ1v) is 6.87. The zero-order valence-electron chi connectivity index (χ0n) is 13.0. The third-order valence-corrected chi connectivity index (χ3v) is 3.13. The lowest BCUT2D eigenvalue weighted by molar-refractivity contribution is 0.0691. The van der Waals surface area contributed by atoms with E-state index in [0.717, 1.165) is 0 Å². The minimum Gasteiger partial charge on any atom is -0.493 e. The van der Waals surface area contributed by atoms with Gasteiger partial charge in [0.1, 0.15) is 5.69 Å². The van der Waals surface area contributed by atoms with Gasteiger partial charge >= 0.3 is 5.97 Å². The molecule has 1 aromatic carbocycles. The van der Waals surface area contributed by atoms with Crippen LogP contribution < -0.4 is 9.47 Å². The summed E-state index contributed by atoms with van der Waals surface area (Å²) in [5.41, 5.74) is 1.05. The summed E-state index contributed by atoms with van der Waals surface area (Å²) in [5.74, 6) is 0.293. The number of carboxylic acids is 1. The van der Waals surface area contributed by atoms with Crippen molar-refractivity contribution < 1.29 is 19.4 Å². The zero-order chi connectivity index (χ0) is 16.3. The van der Waals surface area contributed by atoms with Gasteiger partial charge in [-0.15, -0.1) is 5.10 Å². The fourth-order valence-electron chi connectivity index (χ4n) is 2.20. The fourth-order valence-corrected chi connectivity index (χ4v) is 2.20. The first-order valence-electron chi connectivity index (χ1n) is 6.87. The van der Waals surface area contributed by atoms with Gasteiger partial charge in [-0.05, 0) is 24.1 Å². The van der Waals surface area contributed by atoms with E-state index in [9.17, 15) is 9.90 Å².